The maximum absolute atomic E-state index is 10.0. The molecule has 0 unspecified atom stereocenters. The number of carboxylic acid groups (broad SMARTS) is 2. The summed E-state index contributed by atoms with van der Waals surface area (Å²) in [5, 5.41) is 20.1. The van der Waals surface area contributed by atoms with E-state index in [2.05, 4.69) is 9.97 Å². The summed E-state index contributed by atoms with van der Waals surface area (Å²) in [4.78, 5) is 27.3. The molecule has 0 bridgehead atoms. The van der Waals surface area contributed by atoms with E-state index in [0.717, 1.165) is 0 Å². The number of hydrogen-bond acceptors (Lipinski definition) is 6. The van der Waals surface area contributed by atoms with E-state index in [1.807, 2.05) is 0 Å². The number of hydrogen-bond donors (Lipinski definition) is 0. The van der Waals surface area contributed by atoms with Crippen LogP contribution in [0.5, 0.6) is 0 Å². The predicted octanol–water partition coefficient (Wildman–Crippen LogP) is -1.49. The van der Waals surface area contributed by atoms with Gasteiger partial charge in [0.15, 0.2) is 0 Å². The van der Waals surface area contributed by atoms with Crippen molar-refractivity contribution in [2.24, 2.45) is 0 Å². The summed E-state index contributed by atoms with van der Waals surface area (Å²) >= 11 is 0. The Morgan fingerprint density at radius 3 is 1.37 bits per heavy atom. The standard InChI is InChI=1S/2C6H5NO2.Mg/c2*8-6(9)5-2-1-3-7-4-5;/h2*1-4H,(H,8,9);/q;;+2/p-2. The van der Waals surface area contributed by atoms with E-state index in [0.29, 0.717) is 0 Å². The molecule has 0 radical (unpaired) electrons. The molecular formula is C12H8MgN2O4. The first-order valence-corrected chi connectivity index (χ1v) is 4.84. The molecule has 2 aromatic rings. The van der Waals surface area contributed by atoms with Crippen molar-refractivity contribution in [3.63, 3.8) is 0 Å². The minimum absolute atomic E-state index is 0. The number of carbonyl (C=O) groups is 2. The second-order valence-corrected chi connectivity index (χ2v) is 3.06. The molecule has 0 saturated carbocycles. The van der Waals surface area contributed by atoms with Crippen LogP contribution in [0.25, 0.3) is 0 Å². The van der Waals surface area contributed by atoms with Gasteiger partial charge in [0.2, 0.25) is 0 Å². The Morgan fingerprint density at radius 2 is 1.21 bits per heavy atom. The first kappa shape index (κ1) is 17.0. The minimum atomic E-state index is -1.19. The molecule has 92 valence electrons. The van der Waals surface area contributed by atoms with Crippen LogP contribution in [-0.2, 0) is 0 Å². The van der Waals surface area contributed by atoms with E-state index in [4.69, 9.17) is 0 Å². The van der Waals surface area contributed by atoms with Gasteiger partial charge in [-0.15, -0.1) is 0 Å². The van der Waals surface area contributed by atoms with Crippen molar-refractivity contribution < 1.29 is 19.8 Å². The average Bonchev–Trinajstić information content (AvgIpc) is 2.41. The van der Waals surface area contributed by atoms with E-state index in [1.54, 1.807) is 12.1 Å². The van der Waals surface area contributed by atoms with Crippen LogP contribution in [0.2, 0.25) is 0 Å². The molecule has 0 spiro atoms. The van der Waals surface area contributed by atoms with Crippen LogP contribution in [0.15, 0.2) is 49.1 Å². The van der Waals surface area contributed by atoms with Crippen molar-refractivity contribution in [1.29, 1.82) is 0 Å². The van der Waals surface area contributed by atoms with E-state index >= 15 is 0 Å². The van der Waals surface area contributed by atoms with Gasteiger partial charge < -0.3 is 19.8 Å². The number of rotatable bonds is 2. The van der Waals surface area contributed by atoms with E-state index in [9.17, 15) is 19.8 Å². The third-order valence-corrected chi connectivity index (χ3v) is 1.79. The first-order valence-electron chi connectivity index (χ1n) is 4.84. The number of carbonyl (C=O) groups excluding carboxylic acids is 2. The zero-order chi connectivity index (χ0) is 13.4. The van der Waals surface area contributed by atoms with Gasteiger partial charge in [-0.1, -0.05) is 12.1 Å². The SMILES string of the molecule is O=C([O-])c1cccnc1.O=C([O-])c1cccnc1.[Mg+2]. The number of aromatic carboxylic acids is 2. The molecule has 0 saturated heterocycles. The Bertz CT molecular complexity index is 470. The van der Waals surface area contributed by atoms with Gasteiger partial charge in [0.25, 0.3) is 0 Å². The molecule has 0 aliphatic rings. The first-order chi connectivity index (χ1) is 8.61. The molecule has 6 nitrogen and oxygen atoms in total. The smallest absolute Gasteiger partial charge is 0.545 e. The zero-order valence-electron chi connectivity index (χ0n) is 9.85. The number of nitrogens with zero attached hydrogens (tertiary/aromatic N) is 2. The van der Waals surface area contributed by atoms with Crippen LogP contribution >= 0.6 is 0 Å². The third kappa shape index (κ3) is 6.48. The van der Waals surface area contributed by atoms with Crippen molar-refractivity contribution in [2.75, 3.05) is 0 Å². The summed E-state index contributed by atoms with van der Waals surface area (Å²) in [7, 11) is 0. The molecule has 0 aromatic carbocycles. The Labute approximate surface area is 125 Å². The van der Waals surface area contributed by atoms with E-state index < -0.39 is 11.9 Å². The maximum Gasteiger partial charge on any atom is 2.00 e. The maximum atomic E-state index is 10.0. The molecule has 2 heterocycles. The molecule has 0 atom stereocenters. The largest absolute Gasteiger partial charge is 2.00 e. The molecule has 0 aliphatic carbocycles. The molecule has 2 aromatic heterocycles. The van der Waals surface area contributed by atoms with Gasteiger partial charge in [-0.25, -0.2) is 0 Å². The number of pyridine rings is 2. The summed E-state index contributed by atoms with van der Waals surface area (Å²) < 4.78 is 0. The topological polar surface area (TPSA) is 106 Å². The van der Waals surface area contributed by atoms with Crippen molar-refractivity contribution in [2.45, 2.75) is 0 Å². The molecule has 19 heavy (non-hydrogen) atoms. The van der Waals surface area contributed by atoms with Crippen LogP contribution in [0.1, 0.15) is 20.7 Å². The Hall–Kier alpha value is -1.99. The van der Waals surface area contributed by atoms with Gasteiger partial charge in [-0.05, 0) is 12.1 Å². The quantitative estimate of drug-likeness (QED) is 0.614. The Kier molecular flexibility index (Phi) is 8.06. The van der Waals surface area contributed by atoms with Gasteiger partial charge in [-0.3, -0.25) is 9.97 Å². The zero-order valence-corrected chi connectivity index (χ0v) is 11.3. The van der Waals surface area contributed by atoms with Crippen molar-refractivity contribution >= 4 is 35.0 Å². The van der Waals surface area contributed by atoms with Gasteiger partial charge >= 0.3 is 23.1 Å². The normalized spacial score (nSPS) is 8.42. The van der Waals surface area contributed by atoms with Gasteiger partial charge in [0.05, 0.1) is 11.9 Å². The Morgan fingerprint density at radius 1 is 0.842 bits per heavy atom. The van der Waals surface area contributed by atoms with Crippen LogP contribution in [0, 0.1) is 0 Å². The van der Waals surface area contributed by atoms with Crippen LogP contribution < -0.4 is 10.2 Å². The molecule has 0 N–H and O–H groups in total. The minimum Gasteiger partial charge on any atom is -0.545 e. The van der Waals surface area contributed by atoms with Crippen LogP contribution in [0.4, 0.5) is 0 Å². The fourth-order valence-electron chi connectivity index (χ4n) is 0.967. The van der Waals surface area contributed by atoms with E-state index in [1.165, 1.54) is 36.9 Å². The van der Waals surface area contributed by atoms with Crippen LogP contribution in [-0.4, -0.2) is 45.0 Å². The third-order valence-electron chi connectivity index (χ3n) is 1.79. The second-order valence-electron chi connectivity index (χ2n) is 3.06. The second kappa shape index (κ2) is 9.01. The summed E-state index contributed by atoms with van der Waals surface area (Å²) in [6, 6.07) is 5.96. The molecular weight excluding hydrogens is 260 g/mol. The molecule has 0 amide bonds. The predicted molar refractivity (Wildman–Crippen MR) is 62.9 cm³/mol. The van der Waals surface area contributed by atoms with Crippen LogP contribution in [0.3, 0.4) is 0 Å². The monoisotopic (exact) mass is 268 g/mol. The van der Waals surface area contributed by atoms with Gasteiger partial charge in [0, 0.05) is 35.9 Å². The molecule has 7 heteroatoms. The summed E-state index contributed by atoms with van der Waals surface area (Å²) in [5.74, 6) is -2.38. The molecule has 0 aliphatic heterocycles. The average molecular weight is 269 g/mol. The summed E-state index contributed by atoms with van der Waals surface area (Å²) in [6.07, 6.45) is 5.50. The number of carboxylic acids is 2. The van der Waals surface area contributed by atoms with Gasteiger partial charge in [0.1, 0.15) is 0 Å². The fourth-order valence-corrected chi connectivity index (χ4v) is 0.967. The Balaban J connectivity index is 0.000000324. The molecule has 2 rings (SSSR count). The molecule has 0 fully saturated rings. The summed E-state index contributed by atoms with van der Waals surface area (Å²) in [6.45, 7) is 0. The van der Waals surface area contributed by atoms with Crippen molar-refractivity contribution in [3.8, 4) is 0 Å². The summed E-state index contributed by atoms with van der Waals surface area (Å²) in [5.41, 5.74) is 0.218. The van der Waals surface area contributed by atoms with Crippen molar-refractivity contribution in [1.82, 2.24) is 9.97 Å². The fraction of sp³-hybridized carbons (Fsp3) is 0. The van der Waals surface area contributed by atoms with E-state index in [-0.39, 0.29) is 34.2 Å². The number of aromatic nitrogens is 2. The van der Waals surface area contributed by atoms with Gasteiger partial charge in [-0.2, -0.15) is 0 Å². The van der Waals surface area contributed by atoms with Crippen molar-refractivity contribution in [3.05, 3.63) is 60.2 Å².